The number of hydrogen-bond donors (Lipinski definition) is 1. The molecule has 1 aromatic rings. The zero-order valence-corrected chi connectivity index (χ0v) is 11.8. The molecule has 5 heteroatoms. The number of hydrogen-bond acceptors (Lipinski definition) is 5. The second-order valence-electron chi connectivity index (χ2n) is 4.05. The molecule has 0 aromatic carbocycles. The summed E-state index contributed by atoms with van der Waals surface area (Å²) in [5.41, 5.74) is 3.07. The minimum Gasteiger partial charge on any atom is -0.380 e. The molecule has 1 heterocycles. The summed E-state index contributed by atoms with van der Waals surface area (Å²) in [5.74, 6) is 0. The monoisotopic (exact) mass is 257 g/mol. The fourth-order valence-electron chi connectivity index (χ4n) is 1.49. The second kappa shape index (κ2) is 8.58. The highest BCUT2D eigenvalue weighted by atomic mass is 32.1. The van der Waals surface area contributed by atoms with Crippen molar-refractivity contribution in [1.82, 2.24) is 15.2 Å². The van der Waals surface area contributed by atoms with Gasteiger partial charge in [-0.3, -0.25) is 4.90 Å². The van der Waals surface area contributed by atoms with Gasteiger partial charge in [0.1, 0.15) is 0 Å². The molecule has 1 aromatic heterocycles. The Kier molecular flexibility index (Phi) is 7.35. The summed E-state index contributed by atoms with van der Waals surface area (Å²) in [6, 6.07) is 0. The number of nitrogens with one attached hydrogen (secondary N) is 1. The molecule has 0 atom stereocenters. The van der Waals surface area contributed by atoms with Crippen molar-refractivity contribution in [2.75, 3.05) is 39.9 Å². The minimum atomic E-state index is 0.798. The van der Waals surface area contributed by atoms with Crippen LogP contribution in [0, 0.1) is 6.92 Å². The number of ether oxygens (including phenoxy) is 1. The third kappa shape index (κ3) is 6.12. The van der Waals surface area contributed by atoms with E-state index in [-0.39, 0.29) is 0 Å². The lowest BCUT2D eigenvalue weighted by atomic mass is 10.3. The quantitative estimate of drug-likeness (QED) is 0.681. The topological polar surface area (TPSA) is 37.4 Å². The summed E-state index contributed by atoms with van der Waals surface area (Å²) in [6.45, 7) is 9.65. The Morgan fingerprint density at radius 3 is 2.94 bits per heavy atom. The summed E-state index contributed by atoms with van der Waals surface area (Å²) >= 11 is 1.74. The Labute approximate surface area is 108 Å². The van der Waals surface area contributed by atoms with Crippen LogP contribution in [0.3, 0.4) is 0 Å². The molecular formula is C12H23N3OS. The second-order valence-corrected chi connectivity index (χ2v) is 4.98. The van der Waals surface area contributed by atoms with Crippen LogP contribution in [0.2, 0.25) is 0 Å². The van der Waals surface area contributed by atoms with E-state index in [9.17, 15) is 0 Å². The van der Waals surface area contributed by atoms with E-state index in [1.54, 1.807) is 11.3 Å². The number of aryl methyl sites for hydroxylation is 1. The van der Waals surface area contributed by atoms with E-state index >= 15 is 0 Å². The number of aromatic nitrogens is 1. The normalized spacial score (nSPS) is 11.3. The number of likely N-dealkylation sites (N-methyl/N-ethyl adjacent to an activating group) is 1. The van der Waals surface area contributed by atoms with E-state index in [1.165, 1.54) is 4.88 Å². The van der Waals surface area contributed by atoms with Crippen molar-refractivity contribution in [2.24, 2.45) is 0 Å². The summed E-state index contributed by atoms with van der Waals surface area (Å²) in [5, 5.41) is 3.37. The number of thiazole rings is 1. The summed E-state index contributed by atoms with van der Waals surface area (Å²) in [4.78, 5) is 7.94. The zero-order valence-electron chi connectivity index (χ0n) is 11.0. The minimum absolute atomic E-state index is 0.798. The molecule has 0 saturated carbocycles. The van der Waals surface area contributed by atoms with E-state index in [0.717, 1.165) is 45.1 Å². The maximum Gasteiger partial charge on any atom is 0.0798 e. The fourth-order valence-corrected chi connectivity index (χ4v) is 2.34. The highest BCUT2D eigenvalue weighted by molar-refractivity contribution is 7.09. The van der Waals surface area contributed by atoms with Crippen molar-refractivity contribution in [3.8, 4) is 0 Å². The van der Waals surface area contributed by atoms with E-state index in [0.29, 0.717) is 0 Å². The Morgan fingerprint density at radius 2 is 2.29 bits per heavy atom. The molecule has 0 unspecified atom stereocenters. The Bertz CT molecular complexity index is 304. The summed E-state index contributed by atoms with van der Waals surface area (Å²) in [6.07, 6.45) is 0. The SMILES string of the molecule is CCOCCNCCN(C)Cc1scnc1C. The van der Waals surface area contributed by atoms with E-state index in [2.05, 4.69) is 29.2 Å². The van der Waals surface area contributed by atoms with Crippen molar-refractivity contribution >= 4 is 11.3 Å². The van der Waals surface area contributed by atoms with Crippen LogP contribution in [-0.2, 0) is 11.3 Å². The third-order valence-electron chi connectivity index (χ3n) is 2.56. The molecule has 0 spiro atoms. The molecule has 0 aliphatic heterocycles. The number of nitrogens with zero attached hydrogens (tertiary/aromatic N) is 2. The van der Waals surface area contributed by atoms with Crippen molar-refractivity contribution in [3.63, 3.8) is 0 Å². The highest BCUT2D eigenvalue weighted by Gasteiger charge is 2.04. The lowest BCUT2D eigenvalue weighted by Gasteiger charge is -2.16. The smallest absolute Gasteiger partial charge is 0.0798 e. The van der Waals surface area contributed by atoms with Crippen LogP contribution in [0.1, 0.15) is 17.5 Å². The van der Waals surface area contributed by atoms with Crippen molar-refractivity contribution < 1.29 is 4.74 Å². The molecule has 98 valence electrons. The van der Waals surface area contributed by atoms with Crippen molar-refractivity contribution in [2.45, 2.75) is 20.4 Å². The van der Waals surface area contributed by atoms with Crippen LogP contribution in [-0.4, -0.2) is 49.8 Å². The van der Waals surface area contributed by atoms with Gasteiger partial charge in [0, 0.05) is 37.7 Å². The van der Waals surface area contributed by atoms with Gasteiger partial charge in [-0.25, -0.2) is 4.98 Å². The predicted molar refractivity (Wildman–Crippen MR) is 72.5 cm³/mol. The first-order chi connectivity index (χ1) is 8.24. The van der Waals surface area contributed by atoms with Gasteiger partial charge in [-0.1, -0.05) is 0 Å². The Balaban J connectivity index is 2.05. The van der Waals surface area contributed by atoms with Crippen molar-refractivity contribution in [1.29, 1.82) is 0 Å². The van der Waals surface area contributed by atoms with Gasteiger partial charge < -0.3 is 10.1 Å². The van der Waals surface area contributed by atoms with Crippen LogP contribution >= 0.6 is 11.3 Å². The van der Waals surface area contributed by atoms with Crippen LogP contribution in [0.4, 0.5) is 0 Å². The largest absolute Gasteiger partial charge is 0.380 e. The molecular weight excluding hydrogens is 234 g/mol. The molecule has 1 rings (SSSR count). The van der Waals surface area contributed by atoms with E-state index < -0.39 is 0 Å². The van der Waals surface area contributed by atoms with Gasteiger partial charge >= 0.3 is 0 Å². The molecule has 0 fully saturated rings. The van der Waals surface area contributed by atoms with Gasteiger partial charge in [0.25, 0.3) is 0 Å². The molecule has 0 amide bonds. The van der Waals surface area contributed by atoms with Gasteiger partial charge in [-0.15, -0.1) is 11.3 Å². The van der Waals surface area contributed by atoms with Crippen molar-refractivity contribution in [3.05, 3.63) is 16.1 Å². The molecule has 0 saturated heterocycles. The predicted octanol–water partition coefficient (Wildman–Crippen LogP) is 1.51. The van der Waals surface area contributed by atoms with Gasteiger partial charge in [-0.2, -0.15) is 0 Å². The average Bonchev–Trinajstić information content (AvgIpc) is 2.69. The van der Waals surface area contributed by atoms with E-state index in [1.807, 2.05) is 12.4 Å². The molecule has 1 N–H and O–H groups in total. The maximum absolute atomic E-state index is 5.26. The van der Waals surface area contributed by atoms with Crippen LogP contribution in [0.5, 0.6) is 0 Å². The fraction of sp³-hybridized carbons (Fsp3) is 0.750. The molecule has 0 bridgehead atoms. The molecule has 17 heavy (non-hydrogen) atoms. The third-order valence-corrected chi connectivity index (χ3v) is 3.48. The first-order valence-corrected chi connectivity index (χ1v) is 6.98. The zero-order chi connectivity index (χ0) is 12.5. The van der Waals surface area contributed by atoms with Crippen LogP contribution < -0.4 is 5.32 Å². The van der Waals surface area contributed by atoms with Crippen LogP contribution in [0.15, 0.2) is 5.51 Å². The standard InChI is InChI=1S/C12H23N3OS/c1-4-16-8-6-13-5-7-15(3)9-12-11(2)14-10-17-12/h10,13H,4-9H2,1-3H3. The van der Waals surface area contributed by atoms with Gasteiger partial charge in [0.2, 0.25) is 0 Å². The Hall–Kier alpha value is -0.490. The lowest BCUT2D eigenvalue weighted by Crippen LogP contribution is -2.30. The van der Waals surface area contributed by atoms with Gasteiger partial charge in [0.05, 0.1) is 17.8 Å². The summed E-state index contributed by atoms with van der Waals surface area (Å²) < 4.78 is 5.26. The highest BCUT2D eigenvalue weighted by Crippen LogP contribution is 2.13. The summed E-state index contributed by atoms with van der Waals surface area (Å²) in [7, 11) is 2.14. The Morgan fingerprint density at radius 1 is 1.47 bits per heavy atom. The molecule has 0 aliphatic carbocycles. The molecule has 0 radical (unpaired) electrons. The maximum atomic E-state index is 5.26. The van der Waals surface area contributed by atoms with Crippen LogP contribution in [0.25, 0.3) is 0 Å². The van der Waals surface area contributed by atoms with E-state index in [4.69, 9.17) is 4.74 Å². The first-order valence-electron chi connectivity index (χ1n) is 6.10. The van der Waals surface area contributed by atoms with Gasteiger partial charge in [0.15, 0.2) is 0 Å². The lowest BCUT2D eigenvalue weighted by molar-refractivity contribution is 0.148. The molecule has 4 nitrogen and oxygen atoms in total. The number of rotatable bonds is 9. The van der Waals surface area contributed by atoms with Gasteiger partial charge in [-0.05, 0) is 20.9 Å². The first kappa shape index (κ1) is 14.6. The molecule has 0 aliphatic rings. The average molecular weight is 257 g/mol.